The van der Waals surface area contributed by atoms with Crippen molar-refractivity contribution in [1.82, 2.24) is 5.32 Å². The average molecular weight is 431 g/mol. The SMILES string of the molecule is CC1(C)O[C@@H]([C@H](N)Cc2ccccc2)[C@H]([C@@H](Cc2ccccc2)NCc2ccccc2)O1. The van der Waals surface area contributed by atoms with Crippen LogP contribution >= 0.6 is 0 Å². The lowest BCUT2D eigenvalue weighted by Gasteiger charge is -2.30. The zero-order valence-corrected chi connectivity index (χ0v) is 19.0. The highest BCUT2D eigenvalue weighted by atomic mass is 16.8. The van der Waals surface area contributed by atoms with Crippen molar-refractivity contribution in [3.63, 3.8) is 0 Å². The van der Waals surface area contributed by atoms with Crippen molar-refractivity contribution in [1.29, 1.82) is 0 Å². The summed E-state index contributed by atoms with van der Waals surface area (Å²) in [7, 11) is 0. The fourth-order valence-corrected chi connectivity index (χ4v) is 4.48. The van der Waals surface area contributed by atoms with Gasteiger partial charge in [-0.25, -0.2) is 0 Å². The highest BCUT2D eigenvalue weighted by Crippen LogP contribution is 2.33. The topological polar surface area (TPSA) is 56.5 Å². The molecule has 0 spiro atoms. The largest absolute Gasteiger partial charge is 0.343 e. The Bertz CT molecular complexity index is 947. The number of hydrogen-bond acceptors (Lipinski definition) is 4. The van der Waals surface area contributed by atoms with Gasteiger partial charge >= 0.3 is 0 Å². The zero-order chi connectivity index (χ0) is 22.4. The maximum absolute atomic E-state index is 6.73. The van der Waals surface area contributed by atoms with E-state index in [9.17, 15) is 0 Å². The van der Waals surface area contributed by atoms with Crippen molar-refractivity contribution in [3.8, 4) is 0 Å². The summed E-state index contributed by atoms with van der Waals surface area (Å²) in [5.41, 5.74) is 10.4. The fourth-order valence-electron chi connectivity index (χ4n) is 4.48. The maximum Gasteiger partial charge on any atom is 0.163 e. The molecular weight excluding hydrogens is 396 g/mol. The summed E-state index contributed by atoms with van der Waals surface area (Å²) in [6.45, 7) is 4.72. The van der Waals surface area contributed by atoms with E-state index in [1.807, 2.05) is 32.0 Å². The van der Waals surface area contributed by atoms with Crippen molar-refractivity contribution in [2.24, 2.45) is 5.73 Å². The predicted octanol–water partition coefficient (Wildman–Crippen LogP) is 4.48. The molecule has 4 rings (SSSR count). The van der Waals surface area contributed by atoms with Crippen molar-refractivity contribution in [3.05, 3.63) is 108 Å². The predicted molar refractivity (Wildman–Crippen MR) is 129 cm³/mol. The molecule has 1 aliphatic heterocycles. The lowest BCUT2D eigenvalue weighted by molar-refractivity contribution is -0.150. The molecule has 1 heterocycles. The molecule has 1 fully saturated rings. The lowest BCUT2D eigenvalue weighted by Crippen LogP contribution is -2.52. The number of benzene rings is 3. The van der Waals surface area contributed by atoms with Crippen molar-refractivity contribution in [2.45, 2.75) is 63.3 Å². The Balaban J connectivity index is 1.55. The van der Waals surface area contributed by atoms with Gasteiger partial charge in [0.1, 0.15) is 12.2 Å². The number of hydrogen-bond donors (Lipinski definition) is 2. The van der Waals surface area contributed by atoms with Crippen LogP contribution in [0.4, 0.5) is 0 Å². The summed E-state index contributed by atoms with van der Waals surface area (Å²) in [5.74, 6) is -0.674. The summed E-state index contributed by atoms with van der Waals surface area (Å²) >= 11 is 0. The first-order chi connectivity index (χ1) is 15.5. The molecule has 168 valence electrons. The fraction of sp³-hybridized carbons (Fsp3) is 0.357. The van der Waals surface area contributed by atoms with E-state index in [4.69, 9.17) is 15.2 Å². The van der Waals surface area contributed by atoms with Gasteiger partial charge in [-0.2, -0.15) is 0 Å². The number of nitrogens with one attached hydrogen (secondary N) is 1. The van der Waals surface area contributed by atoms with Gasteiger partial charge < -0.3 is 20.5 Å². The van der Waals surface area contributed by atoms with Crippen LogP contribution in [0.15, 0.2) is 91.0 Å². The first-order valence-electron chi connectivity index (χ1n) is 11.5. The van der Waals surface area contributed by atoms with Gasteiger partial charge in [-0.15, -0.1) is 0 Å². The molecule has 1 aliphatic rings. The van der Waals surface area contributed by atoms with Crippen LogP contribution in [0.5, 0.6) is 0 Å². The monoisotopic (exact) mass is 430 g/mol. The second kappa shape index (κ2) is 10.4. The second-order valence-corrected chi connectivity index (χ2v) is 9.08. The van der Waals surface area contributed by atoms with E-state index in [1.54, 1.807) is 0 Å². The molecule has 4 nitrogen and oxygen atoms in total. The molecular formula is C28H34N2O2. The quantitative estimate of drug-likeness (QED) is 0.526. The van der Waals surface area contributed by atoms with Gasteiger partial charge in [0.15, 0.2) is 5.79 Å². The summed E-state index contributed by atoms with van der Waals surface area (Å²) < 4.78 is 12.9. The first kappa shape index (κ1) is 22.7. The highest BCUT2D eigenvalue weighted by molar-refractivity contribution is 5.20. The van der Waals surface area contributed by atoms with Crippen LogP contribution in [0, 0.1) is 0 Å². The minimum Gasteiger partial charge on any atom is -0.343 e. The number of nitrogens with two attached hydrogens (primary N) is 1. The number of ether oxygens (including phenoxy) is 2. The molecule has 3 aromatic carbocycles. The molecule has 0 aliphatic carbocycles. The normalized spacial score (nSPS) is 21.8. The third-order valence-corrected chi connectivity index (χ3v) is 6.01. The van der Waals surface area contributed by atoms with Gasteiger partial charge in [-0.05, 0) is 43.4 Å². The molecule has 32 heavy (non-hydrogen) atoms. The van der Waals surface area contributed by atoms with Crippen LogP contribution in [0.1, 0.15) is 30.5 Å². The zero-order valence-electron chi connectivity index (χ0n) is 19.0. The van der Waals surface area contributed by atoms with Crippen molar-refractivity contribution < 1.29 is 9.47 Å². The van der Waals surface area contributed by atoms with Crippen LogP contribution in [-0.4, -0.2) is 30.1 Å². The molecule has 0 saturated carbocycles. The minimum atomic E-state index is -0.674. The van der Waals surface area contributed by atoms with E-state index in [0.717, 1.165) is 19.4 Å². The molecule has 0 amide bonds. The Hall–Kier alpha value is -2.50. The van der Waals surface area contributed by atoms with E-state index in [0.29, 0.717) is 0 Å². The van der Waals surface area contributed by atoms with Gasteiger partial charge in [0, 0.05) is 18.6 Å². The van der Waals surface area contributed by atoms with Crippen LogP contribution in [0.3, 0.4) is 0 Å². The van der Waals surface area contributed by atoms with E-state index >= 15 is 0 Å². The van der Waals surface area contributed by atoms with Gasteiger partial charge in [-0.3, -0.25) is 0 Å². The summed E-state index contributed by atoms with van der Waals surface area (Å²) in [6, 6.07) is 31.3. The Labute approximate surface area is 191 Å². The smallest absolute Gasteiger partial charge is 0.163 e. The van der Waals surface area contributed by atoms with Gasteiger partial charge in [0.25, 0.3) is 0 Å². The Morgan fingerprint density at radius 2 is 1.19 bits per heavy atom. The van der Waals surface area contributed by atoms with Crippen LogP contribution in [-0.2, 0) is 28.9 Å². The van der Waals surface area contributed by atoms with Crippen LogP contribution in [0.25, 0.3) is 0 Å². The molecule has 0 bridgehead atoms. The molecule has 0 radical (unpaired) electrons. The number of rotatable bonds is 9. The maximum atomic E-state index is 6.73. The van der Waals surface area contributed by atoms with Gasteiger partial charge in [-0.1, -0.05) is 91.0 Å². The van der Waals surface area contributed by atoms with Crippen LogP contribution in [0.2, 0.25) is 0 Å². The summed E-state index contributed by atoms with van der Waals surface area (Å²) in [5, 5.41) is 3.75. The first-order valence-corrected chi connectivity index (χ1v) is 11.5. The van der Waals surface area contributed by atoms with Gasteiger partial charge in [0.2, 0.25) is 0 Å². The third-order valence-electron chi connectivity index (χ3n) is 6.01. The minimum absolute atomic E-state index is 0.0613. The van der Waals surface area contributed by atoms with E-state index in [2.05, 4.69) is 78.1 Å². The average Bonchev–Trinajstić information content (AvgIpc) is 3.14. The molecule has 3 N–H and O–H groups in total. The van der Waals surface area contributed by atoms with Crippen molar-refractivity contribution in [2.75, 3.05) is 0 Å². The Morgan fingerprint density at radius 3 is 1.75 bits per heavy atom. The van der Waals surface area contributed by atoms with E-state index in [1.165, 1.54) is 16.7 Å². The van der Waals surface area contributed by atoms with Gasteiger partial charge in [0.05, 0.1) is 0 Å². The molecule has 0 unspecified atom stereocenters. The molecule has 1 saturated heterocycles. The lowest BCUT2D eigenvalue weighted by atomic mass is 9.91. The molecule has 4 atom stereocenters. The standard InChI is InChI=1S/C28H34N2O2/c1-28(2)31-26(24(29)18-21-12-6-3-7-13-21)27(32-28)25(19-22-14-8-4-9-15-22)30-20-23-16-10-5-11-17-23/h3-17,24-27,30H,18-20,29H2,1-2H3/t24-,25-,26+,27+/m1/s1. The molecule has 0 aromatic heterocycles. The van der Waals surface area contributed by atoms with Crippen LogP contribution < -0.4 is 11.1 Å². The Morgan fingerprint density at radius 1 is 0.719 bits per heavy atom. The summed E-state index contributed by atoms with van der Waals surface area (Å²) in [4.78, 5) is 0. The highest BCUT2D eigenvalue weighted by Gasteiger charge is 2.47. The van der Waals surface area contributed by atoms with Crippen molar-refractivity contribution >= 4 is 0 Å². The second-order valence-electron chi connectivity index (χ2n) is 9.08. The molecule has 3 aromatic rings. The van der Waals surface area contributed by atoms with E-state index < -0.39 is 5.79 Å². The molecule has 4 heteroatoms. The third kappa shape index (κ3) is 6.05. The summed E-state index contributed by atoms with van der Waals surface area (Å²) in [6.07, 6.45) is 1.22. The van der Waals surface area contributed by atoms with E-state index in [-0.39, 0.29) is 24.3 Å². The Kier molecular flexibility index (Phi) is 7.38.